The molecule has 0 aliphatic heterocycles. The Morgan fingerprint density at radius 1 is 1.07 bits per heavy atom. The Balaban J connectivity index is 0. The van der Waals surface area contributed by atoms with Gasteiger partial charge in [-0.15, -0.1) is 0 Å². The average molecular weight is 249 g/mol. The molecule has 4 N–H and O–H groups in total. The molecule has 0 aromatic carbocycles. The normalized spacial score (nSPS) is 11.4. The molecule has 0 spiro atoms. The number of hydrogen-bond donors (Lipinski definition) is 3. The topological polar surface area (TPSA) is 152 Å². The molecule has 0 unspecified atom stereocenters. The molecule has 0 aromatic heterocycles. The van der Waals surface area contributed by atoms with Gasteiger partial charge in [-0.05, 0) is 0 Å². The first kappa shape index (κ1) is 15.9. The van der Waals surface area contributed by atoms with Gasteiger partial charge in [-0.3, -0.25) is 9.11 Å². The number of carbonyl (C=O) groups is 1. The summed E-state index contributed by atoms with van der Waals surface area (Å²) in [5.74, 6) is -1.17. The van der Waals surface area contributed by atoms with Crippen LogP contribution in [-0.4, -0.2) is 50.3 Å². The molecule has 10 heteroatoms. The molecule has 0 aliphatic rings. The van der Waals surface area contributed by atoms with Gasteiger partial charge in [0.15, 0.2) is 0 Å². The number of nitrogens with two attached hydrogens (primary N) is 1. The Kier molecular flexibility index (Phi) is 7.77. The highest BCUT2D eigenvalue weighted by molar-refractivity contribution is 7.86. The molecular weight excluding hydrogens is 238 g/mol. The van der Waals surface area contributed by atoms with Crippen LogP contribution in [0.5, 0.6) is 0 Å². The van der Waals surface area contributed by atoms with Crippen molar-refractivity contribution in [1.82, 2.24) is 0 Å². The van der Waals surface area contributed by atoms with Crippen LogP contribution in [0.3, 0.4) is 0 Å². The number of rotatable bonds is 4. The first-order valence-corrected chi connectivity index (χ1v) is 6.38. The Morgan fingerprint density at radius 3 is 1.50 bits per heavy atom. The summed E-state index contributed by atoms with van der Waals surface area (Å²) >= 11 is 0. The quantitative estimate of drug-likeness (QED) is 0.378. The predicted molar refractivity (Wildman–Crippen MR) is 47.9 cm³/mol. The van der Waals surface area contributed by atoms with Crippen molar-refractivity contribution in [1.29, 1.82) is 0 Å². The fourth-order valence-electron chi connectivity index (χ4n) is 0.235. The molecule has 14 heavy (non-hydrogen) atoms. The van der Waals surface area contributed by atoms with Gasteiger partial charge in [0.25, 0.3) is 20.2 Å². The van der Waals surface area contributed by atoms with Crippen molar-refractivity contribution in [2.24, 2.45) is 5.73 Å². The first-order chi connectivity index (χ1) is 6.12. The van der Waals surface area contributed by atoms with Crippen LogP contribution in [-0.2, 0) is 25.0 Å². The SMILES string of the molecule is NCCS(=O)(=O)O.O=CCS(=O)(=O)O. The van der Waals surface area contributed by atoms with Crippen molar-refractivity contribution in [2.45, 2.75) is 0 Å². The molecule has 0 aromatic rings. The van der Waals surface area contributed by atoms with Gasteiger partial charge >= 0.3 is 0 Å². The van der Waals surface area contributed by atoms with E-state index in [1.807, 2.05) is 0 Å². The summed E-state index contributed by atoms with van der Waals surface area (Å²) in [5, 5.41) is 0. The minimum absolute atomic E-state index is 0.0289. The van der Waals surface area contributed by atoms with Crippen LogP contribution in [0.15, 0.2) is 0 Å². The van der Waals surface area contributed by atoms with Crippen molar-refractivity contribution < 1.29 is 30.7 Å². The van der Waals surface area contributed by atoms with Gasteiger partial charge in [-0.2, -0.15) is 16.8 Å². The summed E-state index contributed by atoms with van der Waals surface area (Å²) in [7, 11) is -7.84. The summed E-state index contributed by atoms with van der Waals surface area (Å²) in [5.41, 5.74) is 4.78. The van der Waals surface area contributed by atoms with Crippen LogP contribution in [0.25, 0.3) is 0 Å². The Hall–Kier alpha value is -0.550. The van der Waals surface area contributed by atoms with E-state index in [-0.39, 0.29) is 18.6 Å². The van der Waals surface area contributed by atoms with E-state index in [1.165, 1.54) is 0 Å². The average Bonchev–Trinajstić information content (AvgIpc) is 1.81. The van der Waals surface area contributed by atoms with Crippen molar-refractivity contribution in [2.75, 3.05) is 18.1 Å². The standard InChI is InChI=1S/C2H7NO3S.C2H4O4S/c2*3-1-2-7(4,5)6/h1-3H2,(H,4,5,6);1H,2H2,(H,4,5,6). The van der Waals surface area contributed by atoms with E-state index in [1.54, 1.807) is 0 Å². The lowest BCUT2D eigenvalue weighted by atomic mass is 10.8. The van der Waals surface area contributed by atoms with Gasteiger partial charge in [0, 0.05) is 6.54 Å². The first-order valence-electron chi connectivity index (χ1n) is 3.16. The molecular formula is C4H11NO7S2. The van der Waals surface area contributed by atoms with Crippen LogP contribution < -0.4 is 5.73 Å². The maximum absolute atomic E-state index is 9.71. The number of aldehydes is 1. The van der Waals surface area contributed by atoms with Crippen molar-refractivity contribution in [3.63, 3.8) is 0 Å². The second kappa shape index (κ2) is 6.84. The van der Waals surface area contributed by atoms with Crippen LogP contribution in [0, 0.1) is 0 Å². The molecule has 0 radical (unpaired) electrons. The monoisotopic (exact) mass is 249 g/mol. The lowest BCUT2D eigenvalue weighted by Gasteiger charge is -1.86. The highest BCUT2D eigenvalue weighted by Crippen LogP contribution is 1.74. The fraction of sp³-hybridized carbons (Fsp3) is 0.750. The lowest BCUT2D eigenvalue weighted by Crippen LogP contribution is -2.13. The highest BCUT2D eigenvalue weighted by atomic mass is 32.2. The molecule has 0 aliphatic carbocycles. The van der Waals surface area contributed by atoms with Gasteiger partial charge in [0.05, 0.1) is 5.75 Å². The number of carbonyl (C=O) groups excluding carboxylic acids is 1. The Labute approximate surface area is 81.6 Å². The summed E-state index contributed by atoms with van der Waals surface area (Å²) in [6.07, 6.45) is 0.120. The van der Waals surface area contributed by atoms with Gasteiger partial charge < -0.3 is 10.5 Å². The third-order valence-electron chi connectivity index (χ3n) is 0.654. The van der Waals surface area contributed by atoms with Gasteiger partial charge in [0.2, 0.25) is 0 Å². The van der Waals surface area contributed by atoms with Gasteiger partial charge in [-0.25, -0.2) is 0 Å². The Morgan fingerprint density at radius 2 is 1.50 bits per heavy atom. The zero-order valence-corrected chi connectivity index (χ0v) is 8.66. The minimum Gasteiger partial charge on any atom is -0.329 e. The summed E-state index contributed by atoms with van der Waals surface area (Å²) in [4.78, 5) is 9.28. The largest absolute Gasteiger partial charge is 0.329 e. The van der Waals surface area contributed by atoms with E-state index >= 15 is 0 Å². The van der Waals surface area contributed by atoms with E-state index in [0.717, 1.165) is 0 Å². The molecule has 0 saturated heterocycles. The molecule has 8 nitrogen and oxygen atoms in total. The molecule has 0 atom stereocenters. The summed E-state index contributed by atoms with van der Waals surface area (Å²) < 4.78 is 54.2. The van der Waals surface area contributed by atoms with E-state index in [2.05, 4.69) is 0 Å². The third-order valence-corrected chi connectivity index (χ3v) is 1.96. The van der Waals surface area contributed by atoms with E-state index < -0.39 is 26.0 Å². The second-order valence-corrected chi connectivity index (χ2v) is 5.06. The Bertz CT molecular complexity index is 342. The molecule has 0 fully saturated rings. The third kappa shape index (κ3) is 22.5. The maximum Gasteiger partial charge on any atom is 0.271 e. The van der Waals surface area contributed by atoms with E-state index in [9.17, 15) is 21.6 Å². The van der Waals surface area contributed by atoms with Crippen molar-refractivity contribution in [3.8, 4) is 0 Å². The van der Waals surface area contributed by atoms with Crippen molar-refractivity contribution in [3.05, 3.63) is 0 Å². The van der Waals surface area contributed by atoms with Crippen LogP contribution in [0.2, 0.25) is 0 Å². The van der Waals surface area contributed by atoms with E-state index in [4.69, 9.17) is 14.8 Å². The fourth-order valence-corrected chi connectivity index (χ4v) is 0.705. The summed E-state index contributed by atoms with van der Waals surface area (Å²) in [6.45, 7) is -0.0289. The smallest absolute Gasteiger partial charge is 0.271 e. The molecule has 86 valence electrons. The minimum atomic E-state index is -4.04. The molecule has 0 amide bonds. The molecule has 0 rings (SSSR count). The van der Waals surface area contributed by atoms with Crippen LogP contribution >= 0.6 is 0 Å². The van der Waals surface area contributed by atoms with Crippen LogP contribution in [0.1, 0.15) is 0 Å². The van der Waals surface area contributed by atoms with Gasteiger partial charge in [0.1, 0.15) is 12.0 Å². The van der Waals surface area contributed by atoms with Gasteiger partial charge in [-0.1, -0.05) is 0 Å². The highest BCUT2D eigenvalue weighted by Gasteiger charge is 1.99. The second-order valence-electron chi connectivity index (χ2n) is 1.99. The maximum atomic E-state index is 9.71. The predicted octanol–water partition coefficient (Wildman–Crippen LogP) is -2.09. The zero-order valence-electron chi connectivity index (χ0n) is 7.03. The molecule has 0 saturated carbocycles. The van der Waals surface area contributed by atoms with E-state index in [0.29, 0.717) is 0 Å². The van der Waals surface area contributed by atoms with Crippen LogP contribution in [0.4, 0.5) is 0 Å². The molecule has 0 bridgehead atoms. The molecule has 0 heterocycles. The number of hydrogen-bond acceptors (Lipinski definition) is 6. The summed E-state index contributed by atoms with van der Waals surface area (Å²) in [6, 6.07) is 0. The lowest BCUT2D eigenvalue weighted by molar-refractivity contribution is -0.105. The van der Waals surface area contributed by atoms with Crippen molar-refractivity contribution >= 4 is 26.5 Å². The zero-order chi connectivity index (χ0) is 11.8.